The molecule has 8 heteroatoms. The number of primary amides is 1. The van der Waals surface area contributed by atoms with Gasteiger partial charge in [0.1, 0.15) is 11.5 Å². The number of alkyl halides is 2. The number of aromatic nitrogens is 2. The number of pyridine rings is 2. The van der Waals surface area contributed by atoms with Crippen molar-refractivity contribution in [2.45, 2.75) is 43.9 Å². The molecule has 2 heterocycles. The first kappa shape index (κ1) is 20.1. The zero-order valence-corrected chi connectivity index (χ0v) is 16.2. The standard InChI is InChI=1S/C22H20F3N3O2/c1-11-8-12(23)2-3-13(11)14-4-6-22(24,25)10-15(14)17-9-18(29)19-16(28-17)5-7-27-20(19)21(26)30/h2-3,5,7-9,14-15H,4,6,10H2,1H3,(H2,26,30)(H,28,29)/t14?,15-/m0/s1. The first-order valence-corrected chi connectivity index (χ1v) is 9.62. The number of aryl methyl sites for hydroxylation is 1. The minimum Gasteiger partial charge on any atom is -0.364 e. The summed E-state index contributed by atoms with van der Waals surface area (Å²) in [6.07, 6.45) is 0.814. The number of hydrogen-bond donors (Lipinski definition) is 2. The Kier molecular flexibility index (Phi) is 4.88. The third kappa shape index (κ3) is 3.58. The molecule has 5 nitrogen and oxygen atoms in total. The first-order valence-electron chi connectivity index (χ1n) is 9.62. The molecule has 1 aromatic carbocycles. The summed E-state index contributed by atoms with van der Waals surface area (Å²) in [5.41, 5.74) is 6.75. The smallest absolute Gasteiger partial charge is 0.268 e. The zero-order valence-electron chi connectivity index (χ0n) is 16.2. The molecule has 1 unspecified atom stereocenters. The van der Waals surface area contributed by atoms with E-state index in [2.05, 4.69) is 9.97 Å². The number of aromatic amines is 1. The SMILES string of the molecule is Cc1cc(F)ccc1C1CCC(F)(F)C[C@@H]1c1cc(=O)c2c(C(N)=O)nccc2[nH]1. The van der Waals surface area contributed by atoms with E-state index in [-0.39, 0.29) is 35.7 Å². The van der Waals surface area contributed by atoms with Crippen LogP contribution in [0, 0.1) is 12.7 Å². The lowest BCUT2D eigenvalue weighted by Gasteiger charge is -2.37. The molecule has 1 saturated carbocycles. The topological polar surface area (TPSA) is 88.8 Å². The predicted octanol–water partition coefficient (Wildman–Crippen LogP) is 4.16. The van der Waals surface area contributed by atoms with Crippen molar-refractivity contribution < 1.29 is 18.0 Å². The van der Waals surface area contributed by atoms with E-state index in [0.717, 1.165) is 5.56 Å². The van der Waals surface area contributed by atoms with Crippen LogP contribution in [0.25, 0.3) is 10.9 Å². The Morgan fingerprint density at radius 3 is 2.70 bits per heavy atom. The highest BCUT2D eigenvalue weighted by atomic mass is 19.3. The van der Waals surface area contributed by atoms with Crippen molar-refractivity contribution in [2.75, 3.05) is 0 Å². The molecular formula is C22H20F3N3O2. The van der Waals surface area contributed by atoms with E-state index in [9.17, 15) is 22.8 Å². The van der Waals surface area contributed by atoms with E-state index in [4.69, 9.17) is 5.73 Å². The Morgan fingerprint density at radius 1 is 1.23 bits per heavy atom. The summed E-state index contributed by atoms with van der Waals surface area (Å²) in [7, 11) is 0. The lowest BCUT2D eigenvalue weighted by atomic mass is 9.71. The minimum atomic E-state index is -2.88. The highest BCUT2D eigenvalue weighted by molar-refractivity contribution is 6.03. The number of nitrogens with zero attached hydrogens (tertiary/aromatic N) is 1. The molecule has 3 N–H and O–H groups in total. The number of carbonyl (C=O) groups is 1. The fraction of sp³-hybridized carbons (Fsp3) is 0.318. The molecule has 0 bridgehead atoms. The molecule has 0 radical (unpaired) electrons. The molecule has 0 spiro atoms. The fourth-order valence-corrected chi connectivity index (χ4v) is 4.49. The van der Waals surface area contributed by atoms with E-state index in [1.54, 1.807) is 13.0 Å². The molecule has 1 amide bonds. The van der Waals surface area contributed by atoms with Gasteiger partial charge in [0.25, 0.3) is 5.91 Å². The molecule has 2 atom stereocenters. The molecule has 3 aromatic rings. The van der Waals surface area contributed by atoms with Crippen LogP contribution in [0.1, 0.15) is 58.4 Å². The summed E-state index contributed by atoms with van der Waals surface area (Å²) in [5.74, 6) is -5.10. The van der Waals surface area contributed by atoms with Gasteiger partial charge < -0.3 is 10.7 Å². The maximum Gasteiger partial charge on any atom is 0.268 e. The molecule has 30 heavy (non-hydrogen) atoms. The molecule has 2 aromatic heterocycles. The number of benzene rings is 1. The third-order valence-electron chi connectivity index (χ3n) is 5.85. The van der Waals surface area contributed by atoms with E-state index < -0.39 is 29.6 Å². The summed E-state index contributed by atoms with van der Waals surface area (Å²) in [5, 5.41) is 0.0332. The summed E-state index contributed by atoms with van der Waals surface area (Å²) in [6.45, 7) is 1.75. The Balaban J connectivity index is 1.87. The van der Waals surface area contributed by atoms with Gasteiger partial charge >= 0.3 is 0 Å². The van der Waals surface area contributed by atoms with Crippen molar-refractivity contribution in [3.8, 4) is 0 Å². The van der Waals surface area contributed by atoms with Gasteiger partial charge in [-0.3, -0.25) is 14.6 Å². The highest BCUT2D eigenvalue weighted by Gasteiger charge is 2.43. The number of halogens is 3. The van der Waals surface area contributed by atoms with Crippen LogP contribution in [0.4, 0.5) is 13.2 Å². The van der Waals surface area contributed by atoms with E-state index in [0.29, 0.717) is 16.8 Å². The number of carbonyl (C=O) groups excluding carboxylic acids is 1. The Bertz CT molecular complexity index is 1210. The largest absolute Gasteiger partial charge is 0.364 e. The summed E-state index contributed by atoms with van der Waals surface area (Å²) in [6, 6.07) is 7.08. The maximum atomic E-state index is 14.4. The van der Waals surface area contributed by atoms with Crippen molar-refractivity contribution in [3.63, 3.8) is 0 Å². The van der Waals surface area contributed by atoms with Crippen LogP contribution in [0.3, 0.4) is 0 Å². The summed E-state index contributed by atoms with van der Waals surface area (Å²) >= 11 is 0. The molecule has 0 saturated heterocycles. The van der Waals surface area contributed by atoms with Crippen molar-refractivity contribution in [1.29, 1.82) is 0 Å². The minimum absolute atomic E-state index is 0.0332. The second-order valence-electron chi connectivity index (χ2n) is 7.85. The van der Waals surface area contributed by atoms with Crippen LogP contribution < -0.4 is 11.2 Å². The van der Waals surface area contributed by atoms with Gasteiger partial charge in [0.2, 0.25) is 5.92 Å². The van der Waals surface area contributed by atoms with Crippen molar-refractivity contribution in [3.05, 3.63) is 75.1 Å². The molecule has 1 aliphatic carbocycles. The van der Waals surface area contributed by atoms with E-state index >= 15 is 0 Å². The molecule has 4 rings (SSSR count). The van der Waals surface area contributed by atoms with Crippen LogP contribution in [0.2, 0.25) is 0 Å². The summed E-state index contributed by atoms with van der Waals surface area (Å²) in [4.78, 5) is 31.3. The Hall–Kier alpha value is -3.16. The number of nitrogens with one attached hydrogen (secondary N) is 1. The van der Waals surface area contributed by atoms with Gasteiger partial charge in [-0.05, 0) is 48.6 Å². The van der Waals surface area contributed by atoms with Crippen LogP contribution in [0.15, 0.2) is 41.3 Å². The van der Waals surface area contributed by atoms with Gasteiger partial charge in [0.15, 0.2) is 5.43 Å². The van der Waals surface area contributed by atoms with Gasteiger partial charge in [-0.25, -0.2) is 13.2 Å². The zero-order chi connectivity index (χ0) is 21.6. The van der Waals surface area contributed by atoms with Crippen LogP contribution in [-0.2, 0) is 0 Å². The van der Waals surface area contributed by atoms with Gasteiger partial charge in [-0.2, -0.15) is 0 Å². The number of nitrogens with two attached hydrogens (primary N) is 1. The number of fused-ring (bicyclic) bond motifs is 1. The van der Waals surface area contributed by atoms with E-state index in [1.807, 2.05) is 0 Å². The van der Waals surface area contributed by atoms with Gasteiger partial charge in [-0.15, -0.1) is 0 Å². The molecule has 156 valence electrons. The van der Waals surface area contributed by atoms with Gasteiger partial charge in [0, 0.05) is 36.7 Å². The second kappa shape index (κ2) is 7.27. The highest BCUT2D eigenvalue weighted by Crippen LogP contribution is 2.49. The number of amides is 1. The molecule has 0 aliphatic heterocycles. The summed E-state index contributed by atoms with van der Waals surface area (Å²) < 4.78 is 42.3. The first-order chi connectivity index (χ1) is 14.2. The van der Waals surface area contributed by atoms with Crippen molar-refractivity contribution in [1.82, 2.24) is 9.97 Å². The van der Waals surface area contributed by atoms with Crippen molar-refractivity contribution >= 4 is 16.8 Å². The second-order valence-corrected chi connectivity index (χ2v) is 7.85. The monoisotopic (exact) mass is 415 g/mol. The molecule has 1 fully saturated rings. The predicted molar refractivity (Wildman–Crippen MR) is 106 cm³/mol. The average molecular weight is 415 g/mol. The Morgan fingerprint density at radius 2 is 2.00 bits per heavy atom. The maximum absolute atomic E-state index is 14.4. The van der Waals surface area contributed by atoms with Crippen LogP contribution in [0.5, 0.6) is 0 Å². The van der Waals surface area contributed by atoms with Crippen LogP contribution >= 0.6 is 0 Å². The number of rotatable bonds is 3. The molecular weight excluding hydrogens is 395 g/mol. The lowest BCUT2D eigenvalue weighted by molar-refractivity contribution is -0.0465. The van der Waals surface area contributed by atoms with Gasteiger partial charge in [-0.1, -0.05) is 6.07 Å². The average Bonchev–Trinajstić information content (AvgIpc) is 2.67. The Labute approximate surface area is 170 Å². The van der Waals surface area contributed by atoms with Gasteiger partial charge in [0.05, 0.1) is 10.9 Å². The number of hydrogen-bond acceptors (Lipinski definition) is 3. The van der Waals surface area contributed by atoms with Crippen molar-refractivity contribution in [2.24, 2.45) is 5.73 Å². The van der Waals surface area contributed by atoms with E-state index in [1.165, 1.54) is 30.5 Å². The third-order valence-corrected chi connectivity index (χ3v) is 5.85. The normalized spacial score (nSPS) is 20.9. The number of H-pyrrole nitrogens is 1. The quantitative estimate of drug-likeness (QED) is 0.673. The van der Waals surface area contributed by atoms with Crippen LogP contribution in [-0.4, -0.2) is 21.8 Å². The molecule has 1 aliphatic rings. The lowest BCUT2D eigenvalue weighted by Crippen LogP contribution is -2.31. The fourth-order valence-electron chi connectivity index (χ4n) is 4.49.